The monoisotopic (exact) mass is 481 g/mol. The van der Waals surface area contributed by atoms with Crippen LogP contribution in [0.25, 0.3) is 16.3 Å². The highest BCUT2D eigenvalue weighted by Gasteiger charge is 2.22. The molecule has 0 radical (unpaired) electrons. The minimum Gasteiger partial charge on any atom is -0.486 e. The normalized spacial score (nSPS) is 12.6. The molecule has 4 aromatic rings. The van der Waals surface area contributed by atoms with E-state index in [-0.39, 0.29) is 5.91 Å². The van der Waals surface area contributed by atoms with E-state index in [4.69, 9.17) is 9.47 Å². The van der Waals surface area contributed by atoms with E-state index in [0.29, 0.717) is 46.1 Å². The van der Waals surface area contributed by atoms with Gasteiger partial charge in [-0.15, -0.1) is 11.3 Å². The lowest BCUT2D eigenvalue weighted by molar-refractivity contribution is 0.102. The van der Waals surface area contributed by atoms with Gasteiger partial charge in [-0.1, -0.05) is 24.3 Å². The molecular weight excluding hydrogens is 466 g/mol. The highest BCUT2D eigenvalue weighted by Crippen LogP contribution is 2.38. The summed E-state index contributed by atoms with van der Waals surface area (Å²) in [6.07, 6.45) is 1.76. The van der Waals surface area contributed by atoms with Gasteiger partial charge in [-0.25, -0.2) is 4.68 Å². The molecule has 30 heavy (non-hydrogen) atoms. The number of hydrogen-bond donors (Lipinski definition) is 1. The summed E-state index contributed by atoms with van der Waals surface area (Å²) in [5, 5.41) is 9.63. The largest absolute Gasteiger partial charge is 0.486 e. The van der Waals surface area contributed by atoms with E-state index in [1.54, 1.807) is 34.3 Å². The van der Waals surface area contributed by atoms with Crippen LogP contribution < -0.4 is 14.8 Å². The molecule has 8 heteroatoms. The predicted molar refractivity (Wildman–Crippen MR) is 120 cm³/mol. The second-order valence-electron chi connectivity index (χ2n) is 6.58. The van der Waals surface area contributed by atoms with Crippen molar-refractivity contribution in [2.75, 3.05) is 18.5 Å². The maximum atomic E-state index is 13.2. The number of nitrogens with zero attached hydrogens (tertiary/aromatic N) is 2. The Labute approximate surface area is 185 Å². The molecule has 0 bridgehead atoms. The first-order chi connectivity index (χ1) is 14.7. The van der Waals surface area contributed by atoms with Gasteiger partial charge in [0.2, 0.25) is 0 Å². The van der Waals surface area contributed by atoms with Crippen LogP contribution >= 0.6 is 27.3 Å². The predicted octanol–water partition coefficient (Wildman–Crippen LogP) is 5.39. The van der Waals surface area contributed by atoms with E-state index < -0.39 is 0 Å². The summed E-state index contributed by atoms with van der Waals surface area (Å²) in [6.45, 7) is 0.988. The molecule has 0 fully saturated rings. The third-order valence-corrected chi connectivity index (χ3v) is 6.15. The third-order valence-electron chi connectivity index (χ3n) is 4.61. The number of amides is 1. The van der Waals surface area contributed by atoms with Gasteiger partial charge < -0.3 is 14.8 Å². The number of ether oxygens (including phenoxy) is 2. The maximum Gasteiger partial charge on any atom is 0.259 e. The van der Waals surface area contributed by atoms with Crippen molar-refractivity contribution in [3.8, 4) is 27.8 Å². The van der Waals surface area contributed by atoms with E-state index in [0.717, 1.165) is 10.6 Å². The number of thiophene rings is 1. The highest BCUT2D eigenvalue weighted by molar-refractivity contribution is 9.10. The Hall–Kier alpha value is -3.10. The summed E-state index contributed by atoms with van der Waals surface area (Å²) in [4.78, 5) is 14.2. The van der Waals surface area contributed by atoms with Gasteiger partial charge in [-0.05, 0) is 39.5 Å². The molecule has 1 aliphatic heterocycles. The minimum absolute atomic E-state index is 0.252. The molecule has 1 N–H and O–H groups in total. The van der Waals surface area contributed by atoms with Gasteiger partial charge in [0.15, 0.2) is 11.5 Å². The van der Waals surface area contributed by atoms with Crippen molar-refractivity contribution in [1.29, 1.82) is 0 Å². The summed E-state index contributed by atoms with van der Waals surface area (Å²) in [7, 11) is 0. The molecule has 0 saturated carbocycles. The van der Waals surface area contributed by atoms with Gasteiger partial charge in [-0.3, -0.25) is 4.79 Å². The van der Waals surface area contributed by atoms with Crippen molar-refractivity contribution < 1.29 is 14.3 Å². The summed E-state index contributed by atoms with van der Waals surface area (Å²) < 4.78 is 13.7. The number of halogens is 1. The number of anilines is 1. The fourth-order valence-corrected chi connectivity index (χ4v) is 4.34. The van der Waals surface area contributed by atoms with Crippen molar-refractivity contribution in [3.05, 3.63) is 76.2 Å². The number of carbonyl (C=O) groups excluding carboxylic acids is 1. The number of benzene rings is 2. The van der Waals surface area contributed by atoms with E-state index >= 15 is 0 Å². The van der Waals surface area contributed by atoms with E-state index in [9.17, 15) is 4.79 Å². The lowest BCUT2D eigenvalue weighted by Gasteiger charge is -2.20. The van der Waals surface area contributed by atoms with Crippen LogP contribution in [0, 0.1) is 0 Å². The molecule has 0 spiro atoms. The second-order valence-corrected chi connectivity index (χ2v) is 8.38. The smallest absolute Gasteiger partial charge is 0.259 e. The van der Waals surface area contributed by atoms with Gasteiger partial charge in [0, 0.05) is 22.8 Å². The molecule has 2 aromatic carbocycles. The third kappa shape index (κ3) is 3.59. The topological polar surface area (TPSA) is 65.4 Å². The van der Waals surface area contributed by atoms with E-state index in [2.05, 4.69) is 26.3 Å². The SMILES string of the molecule is O=C(Nc1cc2c(cc1Br)OCCO2)c1cn(-c2ccccc2)nc1-c1cccs1. The number of nitrogens with one attached hydrogen (secondary N) is 1. The Balaban J connectivity index is 1.52. The van der Waals surface area contributed by atoms with Crippen molar-refractivity contribution in [2.24, 2.45) is 0 Å². The number of carbonyl (C=O) groups is 1. The van der Waals surface area contributed by atoms with Crippen molar-refractivity contribution in [1.82, 2.24) is 9.78 Å². The number of fused-ring (bicyclic) bond motifs is 1. The standard InChI is InChI=1S/C22H16BrN3O3S/c23-16-11-18-19(29-9-8-28-18)12-17(16)24-22(27)15-13-26(14-5-2-1-3-6-14)25-21(15)20-7-4-10-30-20/h1-7,10-13H,8-9H2,(H,24,27). The fraction of sp³-hybridized carbons (Fsp3) is 0.0909. The van der Waals surface area contributed by atoms with Crippen LogP contribution in [0.4, 0.5) is 5.69 Å². The van der Waals surface area contributed by atoms with Gasteiger partial charge in [0.25, 0.3) is 5.91 Å². The molecule has 2 aromatic heterocycles. The summed E-state index contributed by atoms with van der Waals surface area (Å²) in [5.74, 6) is 1.01. The Morgan fingerprint density at radius 2 is 1.83 bits per heavy atom. The summed E-state index contributed by atoms with van der Waals surface area (Å²) >= 11 is 5.05. The molecule has 0 saturated heterocycles. The molecule has 0 atom stereocenters. The fourth-order valence-electron chi connectivity index (χ4n) is 3.20. The molecule has 0 unspecified atom stereocenters. The first-order valence-electron chi connectivity index (χ1n) is 9.28. The van der Waals surface area contributed by atoms with Crippen LogP contribution in [0.2, 0.25) is 0 Å². The highest BCUT2D eigenvalue weighted by atomic mass is 79.9. The number of para-hydroxylation sites is 1. The summed E-state index contributed by atoms with van der Waals surface area (Å²) in [6, 6.07) is 17.2. The molecular formula is C22H16BrN3O3S. The van der Waals surface area contributed by atoms with E-state index in [1.807, 2.05) is 47.8 Å². The lowest BCUT2D eigenvalue weighted by Crippen LogP contribution is -2.17. The first-order valence-corrected chi connectivity index (χ1v) is 11.0. The average Bonchev–Trinajstić information content (AvgIpc) is 3.45. The number of hydrogen-bond acceptors (Lipinski definition) is 5. The molecule has 1 amide bonds. The Morgan fingerprint density at radius 1 is 1.07 bits per heavy atom. The van der Waals surface area contributed by atoms with Crippen LogP contribution in [0.1, 0.15) is 10.4 Å². The molecule has 5 rings (SSSR count). The average molecular weight is 482 g/mol. The second kappa shape index (κ2) is 7.97. The Morgan fingerprint density at radius 3 is 2.57 bits per heavy atom. The maximum absolute atomic E-state index is 13.2. The zero-order valence-electron chi connectivity index (χ0n) is 15.7. The van der Waals surface area contributed by atoms with Crippen LogP contribution in [0.3, 0.4) is 0 Å². The van der Waals surface area contributed by atoms with Crippen LogP contribution in [-0.2, 0) is 0 Å². The molecule has 0 aliphatic carbocycles. The van der Waals surface area contributed by atoms with Crippen molar-refractivity contribution in [3.63, 3.8) is 0 Å². The molecule has 6 nitrogen and oxygen atoms in total. The van der Waals surface area contributed by atoms with Gasteiger partial charge in [0.05, 0.1) is 21.8 Å². The molecule has 1 aliphatic rings. The zero-order chi connectivity index (χ0) is 20.5. The zero-order valence-corrected chi connectivity index (χ0v) is 18.1. The van der Waals surface area contributed by atoms with Crippen LogP contribution in [-0.4, -0.2) is 28.9 Å². The number of rotatable bonds is 4. The molecule has 3 heterocycles. The van der Waals surface area contributed by atoms with Crippen LogP contribution in [0.5, 0.6) is 11.5 Å². The number of aromatic nitrogens is 2. The molecule has 150 valence electrons. The Kier molecular flexibility index (Phi) is 5.02. The van der Waals surface area contributed by atoms with Crippen molar-refractivity contribution in [2.45, 2.75) is 0 Å². The van der Waals surface area contributed by atoms with E-state index in [1.165, 1.54) is 0 Å². The van der Waals surface area contributed by atoms with Crippen LogP contribution in [0.15, 0.2) is 70.6 Å². The minimum atomic E-state index is -0.252. The lowest BCUT2D eigenvalue weighted by atomic mass is 10.2. The van der Waals surface area contributed by atoms with Gasteiger partial charge >= 0.3 is 0 Å². The summed E-state index contributed by atoms with van der Waals surface area (Å²) in [5.41, 5.74) is 2.62. The quantitative estimate of drug-likeness (QED) is 0.424. The Bertz CT molecular complexity index is 1210. The van der Waals surface area contributed by atoms with Gasteiger partial charge in [0.1, 0.15) is 18.9 Å². The van der Waals surface area contributed by atoms with Crippen molar-refractivity contribution >= 4 is 38.9 Å². The first kappa shape index (κ1) is 18.9. The van der Waals surface area contributed by atoms with Gasteiger partial charge in [-0.2, -0.15) is 5.10 Å².